The molecule has 0 spiro atoms. The Morgan fingerprint density at radius 3 is 2.78 bits per heavy atom. The Bertz CT molecular complexity index is 1270. The molecule has 2 aliphatic heterocycles. The van der Waals surface area contributed by atoms with Gasteiger partial charge in [-0.2, -0.15) is 4.31 Å². The third-order valence-electron chi connectivity index (χ3n) is 5.74. The molecule has 0 saturated carbocycles. The summed E-state index contributed by atoms with van der Waals surface area (Å²) in [6, 6.07) is 12.7. The highest BCUT2D eigenvalue weighted by atomic mass is 32.2. The summed E-state index contributed by atoms with van der Waals surface area (Å²) in [5.74, 6) is 0.176. The van der Waals surface area contributed by atoms with Gasteiger partial charge in [-0.1, -0.05) is 30.0 Å². The van der Waals surface area contributed by atoms with Crippen LogP contribution in [0, 0.1) is 0 Å². The lowest BCUT2D eigenvalue weighted by molar-refractivity contribution is -0.116. The lowest BCUT2D eigenvalue weighted by Crippen LogP contribution is -2.40. The van der Waals surface area contributed by atoms with E-state index >= 15 is 0 Å². The average molecular weight is 474 g/mol. The monoisotopic (exact) mass is 473 g/mol. The number of aromatic nitrogens is 1. The first-order valence-corrected chi connectivity index (χ1v) is 12.9. The van der Waals surface area contributed by atoms with Crippen molar-refractivity contribution in [2.45, 2.75) is 29.5 Å². The van der Waals surface area contributed by atoms with Crippen molar-refractivity contribution in [1.29, 1.82) is 0 Å². The topological polar surface area (TPSA) is 93.0 Å². The molecule has 1 atom stereocenters. The molecule has 2 aromatic carbocycles. The number of anilines is 1. The summed E-state index contributed by atoms with van der Waals surface area (Å²) < 4.78 is 38.2. The van der Waals surface area contributed by atoms with Crippen molar-refractivity contribution < 1.29 is 22.4 Å². The average Bonchev–Trinajstić information content (AvgIpc) is 3.37. The molecule has 1 saturated heterocycles. The fourth-order valence-corrected chi connectivity index (χ4v) is 6.31. The maximum absolute atomic E-state index is 12.9. The maximum Gasteiger partial charge on any atom is 0.257 e. The van der Waals surface area contributed by atoms with E-state index in [4.69, 9.17) is 9.15 Å². The fraction of sp³-hybridized carbons (Fsp3) is 0.364. The van der Waals surface area contributed by atoms with E-state index in [0.717, 1.165) is 12.1 Å². The number of fused-ring (bicyclic) bond motifs is 2. The predicted molar refractivity (Wildman–Crippen MR) is 121 cm³/mol. The van der Waals surface area contributed by atoms with Gasteiger partial charge in [0.05, 0.1) is 23.9 Å². The number of ether oxygens (including phenoxy) is 1. The van der Waals surface area contributed by atoms with Gasteiger partial charge >= 0.3 is 0 Å². The van der Waals surface area contributed by atoms with E-state index in [2.05, 4.69) is 11.1 Å². The second-order valence-electron chi connectivity index (χ2n) is 7.86. The van der Waals surface area contributed by atoms with Crippen molar-refractivity contribution in [3.8, 4) is 0 Å². The van der Waals surface area contributed by atoms with E-state index in [1.54, 1.807) is 6.07 Å². The summed E-state index contributed by atoms with van der Waals surface area (Å²) in [6.45, 7) is 3.49. The van der Waals surface area contributed by atoms with Crippen LogP contribution in [-0.2, 0) is 26.0 Å². The van der Waals surface area contributed by atoms with Crippen molar-refractivity contribution in [2.24, 2.45) is 0 Å². The summed E-state index contributed by atoms with van der Waals surface area (Å²) in [5.41, 5.74) is 3.07. The van der Waals surface area contributed by atoms with Gasteiger partial charge in [0.15, 0.2) is 5.58 Å². The first-order chi connectivity index (χ1) is 15.4. The number of carbonyl (C=O) groups is 1. The predicted octanol–water partition coefficient (Wildman–Crippen LogP) is 2.92. The molecule has 168 valence electrons. The van der Waals surface area contributed by atoms with E-state index in [9.17, 15) is 13.2 Å². The Morgan fingerprint density at radius 1 is 1.19 bits per heavy atom. The van der Waals surface area contributed by atoms with E-state index in [-0.39, 0.29) is 22.6 Å². The number of hydrogen-bond acceptors (Lipinski definition) is 7. The molecule has 0 N–H and O–H groups in total. The molecule has 8 nitrogen and oxygen atoms in total. The van der Waals surface area contributed by atoms with Gasteiger partial charge in [0.2, 0.25) is 15.9 Å². The summed E-state index contributed by atoms with van der Waals surface area (Å²) in [6.07, 6.45) is 0.843. The molecule has 1 fully saturated rings. The van der Waals surface area contributed by atoms with Crippen LogP contribution in [0.15, 0.2) is 57.0 Å². The number of hydrogen-bond donors (Lipinski definition) is 0. The van der Waals surface area contributed by atoms with Crippen LogP contribution in [0.3, 0.4) is 0 Å². The minimum absolute atomic E-state index is 0.00899. The molecule has 1 amide bonds. The van der Waals surface area contributed by atoms with Crippen LogP contribution < -0.4 is 4.90 Å². The molecule has 0 aliphatic carbocycles. The number of morpholine rings is 1. The van der Waals surface area contributed by atoms with Crippen LogP contribution in [0.4, 0.5) is 5.69 Å². The van der Waals surface area contributed by atoms with Gasteiger partial charge in [0.25, 0.3) is 5.22 Å². The summed E-state index contributed by atoms with van der Waals surface area (Å²) in [4.78, 5) is 19.3. The van der Waals surface area contributed by atoms with E-state index in [0.29, 0.717) is 42.6 Å². The van der Waals surface area contributed by atoms with Crippen LogP contribution in [0.2, 0.25) is 0 Å². The van der Waals surface area contributed by atoms with E-state index in [1.807, 2.05) is 30.0 Å². The molecule has 3 heterocycles. The van der Waals surface area contributed by atoms with E-state index < -0.39 is 10.0 Å². The van der Waals surface area contributed by atoms with Crippen molar-refractivity contribution >= 4 is 44.5 Å². The third-order valence-corrected chi connectivity index (χ3v) is 8.45. The number of carbonyl (C=O) groups excluding carboxylic acids is 1. The van der Waals surface area contributed by atoms with Gasteiger partial charge < -0.3 is 14.1 Å². The molecule has 2 aliphatic rings. The quantitative estimate of drug-likeness (QED) is 0.526. The zero-order valence-electron chi connectivity index (χ0n) is 17.6. The van der Waals surface area contributed by atoms with Crippen molar-refractivity contribution in [3.63, 3.8) is 0 Å². The molecule has 0 bridgehead atoms. The molecule has 5 rings (SSSR count). The normalized spacial score (nSPS) is 19.4. The lowest BCUT2D eigenvalue weighted by atomic mass is 10.1. The zero-order valence-corrected chi connectivity index (χ0v) is 19.2. The molecule has 0 radical (unpaired) electrons. The Labute approximate surface area is 190 Å². The molecular formula is C22H23N3O5S2. The number of amides is 1. The SMILES string of the molecule is CC1Cc2ccccc2N1C(=O)CSc1nc2cc(S(=O)(=O)N3CCOCC3)ccc2o1. The van der Waals surface area contributed by atoms with Gasteiger partial charge in [-0.25, -0.2) is 13.4 Å². The number of para-hydroxylation sites is 1. The number of nitrogens with zero attached hydrogens (tertiary/aromatic N) is 3. The van der Waals surface area contributed by atoms with Crippen LogP contribution >= 0.6 is 11.8 Å². The first kappa shape index (κ1) is 21.4. The highest BCUT2D eigenvalue weighted by Crippen LogP contribution is 2.33. The van der Waals surface area contributed by atoms with Gasteiger partial charge in [-0.05, 0) is 43.2 Å². The lowest BCUT2D eigenvalue weighted by Gasteiger charge is -2.25. The summed E-state index contributed by atoms with van der Waals surface area (Å²) in [5, 5.41) is 0.342. The minimum Gasteiger partial charge on any atom is -0.431 e. The zero-order chi connectivity index (χ0) is 22.3. The van der Waals surface area contributed by atoms with Crippen molar-refractivity contribution in [2.75, 3.05) is 37.0 Å². The first-order valence-electron chi connectivity index (χ1n) is 10.4. The molecule has 1 aromatic heterocycles. The molecule has 10 heteroatoms. The fourth-order valence-electron chi connectivity index (χ4n) is 4.18. The molecular weight excluding hydrogens is 450 g/mol. The van der Waals surface area contributed by atoms with Gasteiger partial charge in [-0.3, -0.25) is 4.79 Å². The number of rotatable bonds is 5. The summed E-state index contributed by atoms with van der Waals surface area (Å²) in [7, 11) is -3.61. The van der Waals surface area contributed by atoms with Gasteiger partial charge in [0, 0.05) is 24.8 Å². The Morgan fingerprint density at radius 2 is 1.97 bits per heavy atom. The minimum atomic E-state index is -3.61. The van der Waals surface area contributed by atoms with Crippen LogP contribution in [0.5, 0.6) is 0 Å². The number of benzene rings is 2. The van der Waals surface area contributed by atoms with Crippen LogP contribution in [0.25, 0.3) is 11.1 Å². The van der Waals surface area contributed by atoms with Crippen molar-refractivity contribution in [3.05, 3.63) is 48.0 Å². The van der Waals surface area contributed by atoms with Gasteiger partial charge in [0.1, 0.15) is 5.52 Å². The van der Waals surface area contributed by atoms with Crippen LogP contribution in [-0.4, -0.2) is 61.7 Å². The number of sulfonamides is 1. The second-order valence-corrected chi connectivity index (χ2v) is 10.7. The Hall–Kier alpha value is -2.40. The number of oxazole rings is 1. The number of thioether (sulfide) groups is 1. The molecule has 32 heavy (non-hydrogen) atoms. The maximum atomic E-state index is 12.9. The van der Waals surface area contributed by atoms with Gasteiger partial charge in [-0.15, -0.1) is 0 Å². The highest BCUT2D eigenvalue weighted by molar-refractivity contribution is 7.99. The molecule has 1 unspecified atom stereocenters. The summed E-state index contributed by atoms with van der Waals surface area (Å²) >= 11 is 1.21. The third kappa shape index (κ3) is 3.92. The molecule has 3 aromatic rings. The second kappa shape index (κ2) is 8.51. The van der Waals surface area contributed by atoms with Crippen LogP contribution in [0.1, 0.15) is 12.5 Å². The van der Waals surface area contributed by atoms with E-state index in [1.165, 1.54) is 33.8 Å². The Kier molecular flexibility index (Phi) is 5.70. The van der Waals surface area contributed by atoms with Crippen molar-refractivity contribution in [1.82, 2.24) is 9.29 Å². The highest BCUT2D eigenvalue weighted by Gasteiger charge is 2.31. The smallest absolute Gasteiger partial charge is 0.257 e. The largest absolute Gasteiger partial charge is 0.431 e. The Balaban J connectivity index is 1.31. The standard InChI is InChI=1S/C22H23N3O5S2/c1-15-12-16-4-2-3-5-19(16)25(15)21(26)14-31-22-23-18-13-17(6-7-20(18)30-22)32(27,28)24-8-10-29-11-9-24/h2-7,13,15H,8-12,14H2,1H3.